The van der Waals surface area contributed by atoms with Crippen LogP contribution < -0.4 is 11.1 Å². The van der Waals surface area contributed by atoms with Gasteiger partial charge in [0.05, 0.1) is 12.3 Å². The fraction of sp³-hybridized carbons (Fsp3) is 0.711. The van der Waals surface area contributed by atoms with E-state index in [-0.39, 0.29) is 11.7 Å². The number of rotatable bonds is 27. The maximum absolute atomic E-state index is 12.3. The zero-order valence-electron chi connectivity index (χ0n) is 29.0. The molecule has 1 atom stereocenters. The van der Waals surface area contributed by atoms with Crippen molar-refractivity contribution in [3.8, 4) is 0 Å². The Bertz CT molecular complexity index is 1020. The maximum Gasteiger partial charge on any atom is 0.219 e. The molecule has 0 saturated heterocycles. The average molecular weight is 624 g/mol. The van der Waals surface area contributed by atoms with E-state index < -0.39 is 6.04 Å². The van der Waals surface area contributed by atoms with Gasteiger partial charge >= 0.3 is 0 Å². The number of amides is 1. The second kappa shape index (κ2) is 24.5. The minimum atomic E-state index is -0.480. The van der Waals surface area contributed by atoms with Gasteiger partial charge in [-0.05, 0) is 44.2 Å². The number of nitrogens with one attached hydrogen (secondary N) is 2. The van der Waals surface area contributed by atoms with E-state index in [4.69, 9.17) is 21.0 Å². The van der Waals surface area contributed by atoms with Gasteiger partial charge in [-0.25, -0.2) is 5.06 Å². The van der Waals surface area contributed by atoms with Gasteiger partial charge in [-0.15, -0.1) is 0 Å². The zero-order chi connectivity index (χ0) is 32.5. The van der Waals surface area contributed by atoms with Crippen LogP contribution in [0.4, 0.5) is 0 Å². The molecule has 0 saturated carbocycles. The molecule has 1 aromatic carbocycles. The summed E-state index contributed by atoms with van der Waals surface area (Å²) in [6.45, 7) is 7.71. The van der Waals surface area contributed by atoms with E-state index in [1.54, 1.807) is 0 Å². The average Bonchev–Trinajstić information content (AvgIpc) is 3.03. The fourth-order valence-electron chi connectivity index (χ4n) is 5.83. The maximum atomic E-state index is 12.3. The highest BCUT2D eigenvalue weighted by atomic mass is 16.7. The molecule has 7 heteroatoms. The lowest BCUT2D eigenvalue weighted by Crippen LogP contribution is -2.38. The first-order chi connectivity index (χ1) is 22.0. The highest BCUT2D eigenvalue weighted by Gasteiger charge is 2.27. The molecule has 1 unspecified atom stereocenters. The number of carbonyl (C=O) groups is 1. The zero-order valence-corrected chi connectivity index (χ0v) is 29.0. The molecule has 0 fully saturated rings. The molecule has 1 amide bonds. The van der Waals surface area contributed by atoms with Gasteiger partial charge in [-0.1, -0.05) is 134 Å². The van der Waals surface area contributed by atoms with Gasteiger partial charge in [0.2, 0.25) is 5.91 Å². The molecule has 0 spiro atoms. The van der Waals surface area contributed by atoms with E-state index in [0.29, 0.717) is 19.6 Å². The summed E-state index contributed by atoms with van der Waals surface area (Å²) in [6, 6.07) is 7.72. The molecule has 7 nitrogen and oxygen atoms in total. The number of nitrogens with zero attached hydrogens (tertiary/aromatic N) is 2. The van der Waals surface area contributed by atoms with Gasteiger partial charge in [0.25, 0.3) is 0 Å². The van der Waals surface area contributed by atoms with Gasteiger partial charge in [0, 0.05) is 24.9 Å². The lowest BCUT2D eigenvalue weighted by molar-refractivity contribution is -0.121. The smallest absolute Gasteiger partial charge is 0.219 e. The van der Waals surface area contributed by atoms with Crippen molar-refractivity contribution in [2.75, 3.05) is 13.2 Å². The number of unbranched alkanes of at least 4 members (excludes halogenated alkanes) is 16. The van der Waals surface area contributed by atoms with Crippen LogP contribution in [0.2, 0.25) is 0 Å². The van der Waals surface area contributed by atoms with E-state index in [9.17, 15) is 4.79 Å². The van der Waals surface area contributed by atoms with Crippen LogP contribution in [0.5, 0.6) is 0 Å². The highest BCUT2D eigenvalue weighted by molar-refractivity contribution is 5.98. The van der Waals surface area contributed by atoms with Crippen molar-refractivity contribution in [2.24, 2.45) is 10.7 Å². The second-order valence-corrected chi connectivity index (χ2v) is 12.8. The van der Waals surface area contributed by atoms with Crippen LogP contribution >= 0.6 is 0 Å². The number of hydrogen-bond donors (Lipinski definition) is 3. The predicted molar refractivity (Wildman–Crippen MR) is 191 cm³/mol. The third-order valence-corrected chi connectivity index (χ3v) is 8.67. The first-order valence-electron chi connectivity index (χ1n) is 18.4. The standard InChI is InChI=1S/C38H65N5O2/c1-4-6-8-9-10-11-12-13-14-15-16-17-18-19-20-28-37(44)41-29-23-24-30-45-43-35(33-26-22-21-25-32(33)3)31-34(38(39)40)42-36(43)27-7-5-2/h21-22,25-26,31,34H,4-20,23-24,27-30H2,1-3H3,(H3,39,40)(H,41,44). The first-order valence-corrected chi connectivity index (χ1v) is 18.4. The van der Waals surface area contributed by atoms with Crippen LogP contribution in [-0.4, -0.2) is 41.8 Å². The second-order valence-electron chi connectivity index (χ2n) is 12.8. The molecule has 1 aliphatic rings. The molecule has 0 aliphatic carbocycles. The minimum Gasteiger partial charge on any atom is -0.386 e. The molecule has 45 heavy (non-hydrogen) atoms. The number of hydrogen-bond acceptors (Lipinski definition) is 5. The van der Waals surface area contributed by atoms with Gasteiger partial charge in [0.1, 0.15) is 17.7 Å². The fourth-order valence-corrected chi connectivity index (χ4v) is 5.83. The summed E-state index contributed by atoms with van der Waals surface area (Å²) in [5.41, 5.74) is 8.97. The Labute approximate surface area is 275 Å². The van der Waals surface area contributed by atoms with Crippen molar-refractivity contribution in [3.05, 3.63) is 41.5 Å². The van der Waals surface area contributed by atoms with E-state index in [1.807, 2.05) is 23.3 Å². The highest BCUT2D eigenvalue weighted by Crippen LogP contribution is 2.29. The molecule has 254 valence electrons. The van der Waals surface area contributed by atoms with E-state index in [2.05, 4.69) is 38.2 Å². The topological polar surface area (TPSA) is 104 Å². The van der Waals surface area contributed by atoms with Gasteiger partial charge in [-0.3, -0.25) is 20.0 Å². The molecular weight excluding hydrogens is 558 g/mol. The summed E-state index contributed by atoms with van der Waals surface area (Å²) in [6.07, 6.45) is 27.0. The number of benzene rings is 1. The molecule has 1 aliphatic heterocycles. The first kappa shape index (κ1) is 38.5. The Morgan fingerprint density at radius 3 is 2.00 bits per heavy atom. The normalized spacial score (nSPS) is 14.7. The van der Waals surface area contributed by atoms with Crippen molar-refractivity contribution >= 4 is 23.3 Å². The Morgan fingerprint density at radius 2 is 1.42 bits per heavy atom. The largest absolute Gasteiger partial charge is 0.386 e. The molecular formula is C38H65N5O2. The summed E-state index contributed by atoms with van der Waals surface area (Å²) in [5.74, 6) is 1.01. The molecule has 1 aromatic rings. The molecule has 0 radical (unpaired) electrons. The van der Waals surface area contributed by atoms with E-state index in [0.717, 1.165) is 67.6 Å². The summed E-state index contributed by atoms with van der Waals surface area (Å²) in [4.78, 5) is 23.4. The Balaban J connectivity index is 1.58. The third kappa shape index (κ3) is 16.5. The SMILES string of the molecule is CCCCCCCCCCCCCCCCCC(=O)NCCCCON1C(c2ccccc2C)=CC(C(=N)N)N=C1CCCC. The molecule has 4 N–H and O–H groups in total. The number of carbonyl (C=O) groups excluding carboxylic acids is 1. The Kier molecular flexibility index (Phi) is 21.0. The van der Waals surface area contributed by atoms with Gasteiger partial charge in [-0.2, -0.15) is 0 Å². The number of aliphatic imine (C=N–C) groups is 1. The summed E-state index contributed by atoms with van der Waals surface area (Å²) in [7, 11) is 0. The predicted octanol–water partition coefficient (Wildman–Crippen LogP) is 9.63. The monoisotopic (exact) mass is 624 g/mol. The quantitative estimate of drug-likeness (QED) is 0.0515. The van der Waals surface area contributed by atoms with Crippen LogP contribution in [0.15, 0.2) is 35.3 Å². The minimum absolute atomic E-state index is 0.0369. The summed E-state index contributed by atoms with van der Waals surface area (Å²) in [5, 5.41) is 13.0. The molecule has 2 rings (SSSR count). The van der Waals surface area contributed by atoms with E-state index >= 15 is 0 Å². The van der Waals surface area contributed by atoms with Gasteiger partial charge in [0.15, 0.2) is 0 Å². The van der Waals surface area contributed by atoms with Crippen molar-refractivity contribution in [2.45, 2.75) is 162 Å². The Morgan fingerprint density at radius 1 is 0.844 bits per heavy atom. The van der Waals surface area contributed by atoms with Gasteiger partial charge < -0.3 is 11.1 Å². The molecule has 0 aromatic heterocycles. The summed E-state index contributed by atoms with van der Waals surface area (Å²) < 4.78 is 0. The van der Waals surface area contributed by atoms with Crippen molar-refractivity contribution < 1.29 is 9.63 Å². The van der Waals surface area contributed by atoms with Crippen LogP contribution in [0, 0.1) is 12.3 Å². The molecule has 0 bridgehead atoms. The number of aryl methyl sites for hydroxylation is 1. The van der Waals surface area contributed by atoms with Crippen molar-refractivity contribution in [1.82, 2.24) is 10.4 Å². The lowest BCUT2D eigenvalue weighted by atomic mass is 10.0. The Hall–Kier alpha value is -2.67. The number of hydroxylamine groups is 2. The van der Waals surface area contributed by atoms with Crippen molar-refractivity contribution in [1.29, 1.82) is 5.41 Å². The molecule has 1 heterocycles. The summed E-state index contributed by atoms with van der Waals surface area (Å²) >= 11 is 0. The van der Waals surface area contributed by atoms with Crippen molar-refractivity contribution in [3.63, 3.8) is 0 Å². The number of nitrogens with two attached hydrogens (primary N) is 1. The van der Waals surface area contributed by atoms with Crippen LogP contribution in [0.3, 0.4) is 0 Å². The number of amidine groups is 2. The van der Waals surface area contributed by atoms with Crippen LogP contribution in [0.1, 0.15) is 160 Å². The lowest BCUT2D eigenvalue weighted by Gasteiger charge is -2.33. The van der Waals surface area contributed by atoms with Crippen LogP contribution in [-0.2, 0) is 9.63 Å². The third-order valence-electron chi connectivity index (χ3n) is 8.67. The van der Waals surface area contributed by atoms with E-state index in [1.165, 1.54) is 83.5 Å². The van der Waals surface area contributed by atoms with Crippen LogP contribution in [0.25, 0.3) is 5.70 Å².